The van der Waals surface area contributed by atoms with E-state index in [0.29, 0.717) is 5.92 Å². The minimum absolute atomic E-state index is 0.123. The molecule has 4 heteroatoms. The first-order valence-corrected chi connectivity index (χ1v) is 7.16. The molecule has 0 saturated carbocycles. The first-order chi connectivity index (χ1) is 8.61. The van der Waals surface area contributed by atoms with E-state index in [1.807, 2.05) is 30.0 Å². The minimum Gasteiger partial charge on any atom is -0.339 e. The highest BCUT2D eigenvalue weighted by molar-refractivity contribution is 9.10. The number of amides is 1. The molecule has 0 radical (unpaired) electrons. The predicted molar refractivity (Wildman–Crippen MR) is 76.6 cm³/mol. The molecule has 1 heterocycles. The summed E-state index contributed by atoms with van der Waals surface area (Å²) in [6, 6.07) is 5.86. The Hall–Kier alpha value is -0.870. The Labute approximate surface area is 116 Å². The molecule has 18 heavy (non-hydrogen) atoms. The van der Waals surface area contributed by atoms with E-state index in [-0.39, 0.29) is 5.91 Å². The molecule has 0 aromatic heterocycles. The molecule has 1 aromatic rings. The summed E-state index contributed by atoms with van der Waals surface area (Å²) in [6.45, 7) is 4.39. The summed E-state index contributed by atoms with van der Waals surface area (Å²) < 4.78 is 0.883. The average molecular weight is 311 g/mol. The summed E-state index contributed by atoms with van der Waals surface area (Å²) in [5.41, 5.74) is 7.58. The van der Waals surface area contributed by atoms with Crippen molar-refractivity contribution >= 4 is 21.8 Å². The van der Waals surface area contributed by atoms with Crippen LogP contribution in [0.1, 0.15) is 28.8 Å². The molecule has 3 nitrogen and oxygen atoms in total. The van der Waals surface area contributed by atoms with Gasteiger partial charge < -0.3 is 10.6 Å². The van der Waals surface area contributed by atoms with Crippen LogP contribution < -0.4 is 5.73 Å². The summed E-state index contributed by atoms with van der Waals surface area (Å²) in [5.74, 6) is 0.702. The second kappa shape index (κ2) is 5.85. The second-order valence-corrected chi connectivity index (χ2v) is 5.81. The van der Waals surface area contributed by atoms with Crippen LogP contribution in [0.15, 0.2) is 22.7 Å². The van der Waals surface area contributed by atoms with Gasteiger partial charge in [-0.1, -0.05) is 6.07 Å². The van der Waals surface area contributed by atoms with Crippen molar-refractivity contribution in [2.45, 2.75) is 19.8 Å². The average Bonchev–Trinajstić information content (AvgIpc) is 2.38. The molecule has 0 unspecified atom stereocenters. The molecule has 0 atom stereocenters. The molecule has 1 fully saturated rings. The summed E-state index contributed by atoms with van der Waals surface area (Å²) in [5, 5.41) is 0. The lowest BCUT2D eigenvalue weighted by molar-refractivity contribution is 0.0692. The topological polar surface area (TPSA) is 46.3 Å². The Morgan fingerprint density at radius 3 is 2.67 bits per heavy atom. The van der Waals surface area contributed by atoms with Crippen molar-refractivity contribution in [3.8, 4) is 0 Å². The summed E-state index contributed by atoms with van der Waals surface area (Å²) in [7, 11) is 0. The van der Waals surface area contributed by atoms with Gasteiger partial charge in [-0.3, -0.25) is 4.79 Å². The summed E-state index contributed by atoms with van der Waals surface area (Å²) in [4.78, 5) is 14.3. The van der Waals surface area contributed by atoms with E-state index in [9.17, 15) is 4.79 Å². The summed E-state index contributed by atoms with van der Waals surface area (Å²) >= 11 is 3.47. The zero-order valence-corrected chi connectivity index (χ0v) is 12.2. The minimum atomic E-state index is 0.123. The van der Waals surface area contributed by atoms with Crippen molar-refractivity contribution < 1.29 is 4.79 Å². The number of halogens is 1. The maximum absolute atomic E-state index is 12.4. The van der Waals surface area contributed by atoms with Crippen molar-refractivity contribution in [1.82, 2.24) is 4.90 Å². The number of hydrogen-bond donors (Lipinski definition) is 1. The molecule has 1 saturated heterocycles. The third kappa shape index (κ3) is 2.93. The van der Waals surface area contributed by atoms with E-state index in [0.717, 1.165) is 48.1 Å². The molecular formula is C14H19BrN2O. The lowest BCUT2D eigenvalue weighted by Crippen LogP contribution is -2.40. The van der Waals surface area contributed by atoms with Gasteiger partial charge in [0.05, 0.1) is 5.56 Å². The molecule has 2 N–H and O–H groups in total. The Balaban J connectivity index is 2.08. The van der Waals surface area contributed by atoms with Crippen LogP contribution in [0.2, 0.25) is 0 Å². The smallest absolute Gasteiger partial charge is 0.254 e. The van der Waals surface area contributed by atoms with Crippen molar-refractivity contribution in [3.05, 3.63) is 33.8 Å². The lowest BCUT2D eigenvalue weighted by atomic mass is 9.96. The number of nitrogens with two attached hydrogens (primary N) is 1. The monoisotopic (exact) mass is 310 g/mol. The van der Waals surface area contributed by atoms with Crippen molar-refractivity contribution in [2.24, 2.45) is 11.7 Å². The number of piperidine rings is 1. The van der Waals surface area contributed by atoms with Crippen LogP contribution in [-0.4, -0.2) is 30.4 Å². The van der Waals surface area contributed by atoms with E-state index in [1.165, 1.54) is 0 Å². The Morgan fingerprint density at radius 2 is 2.11 bits per heavy atom. The van der Waals surface area contributed by atoms with Crippen LogP contribution in [-0.2, 0) is 0 Å². The molecule has 1 aliphatic rings. The first kappa shape index (κ1) is 13.6. The molecule has 1 aromatic carbocycles. The van der Waals surface area contributed by atoms with E-state index < -0.39 is 0 Å². The highest BCUT2D eigenvalue weighted by Crippen LogP contribution is 2.23. The fourth-order valence-corrected chi connectivity index (χ4v) is 3.00. The summed E-state index contributed by atoms with van der Waals surface area (Å²) in [6.07, 6.45) is 2.04. The number of carbonyl (C=O) groups is 1. The maximum atomic E-state index is 12.4. The Bertz CT molecular complexity index is 439. The van der Waals surface area contributed by atoms with Crippen molar-refractivity contribution in [3.63, 3.8) is 0 Å². The predicted octanol–water partition coefficient (Wildman–Crippen LogP) is 2.57. The van der Waals surface area contributed by atoms with Gasteiger partial charge >= 0.3 is 0 Å². The Morgan fingerprint density at radius 1 is 1.44 bits per heavy atom. The number of carbonyl (C=O) groups excluding carboxylic acids is 1. The van der Waals surface area contributed by atoms with Gasteiger partial charge in [0.2, 0.25) is 0 Å². The highest BCUT2D eigenvalue weighted by atomic mass is 79.9. The quantitative estimate of drug-likeness (QED) is 0.912. The van der Waals surface area contributed by atoms with Crippen molar-refractivity contribution in [1.29, 1.82) is 0 Å². The van der Waals surface area contributed by atoms with Crippen LogP contribution in [0.3, 0.4) is 0 Å². The number of aryl methyl sites for hydroxylation is 1. The van der Waals surface area contributed by atoms with E-state index >= 15 is 0 Å². The van der Waals surface area contributed by atoms with Gasteiger partial charge in [-0.15, -0.1) is 0 Å². The Kier molecular flexibility index (Phi) is 4.40. The molecule has 98 valence electrons. The highest BCUT2D eigenvalue weighted by Gasteiger charge is 2.23. The fraction of sp³-hybridized carbons (Fsp3) is 0.500. The van der Waals surface area contributed by atoms with E-state index in [1.54, 1.807) is 0 Å². The van der Waals surface area contributed by atoms with Gasteiger partial charge in [0.1, 0.15) is 0 Å². The maximum Gasteiger partial charge on any atom is 0.254 e. The third-order valence-electron chi connectivity index (χ3n) is 3.59. The van der Waals surface area contributed by atoms with Crippen LogP contribution in [0, 0.1) is 12.8 Å². The van der Waals surface area contributed by atoms with Gasteiger partial charge in [-0.25, -0.2) is 0 Å². The standard InChI is InChI=1S/C14H19BrN2O/c1-10-2-3-12(13(15)8-10)14(18)17-6-4-11(9-16)5-7-17/h2-3,8,11H,4-7,9,16H2,1H3. The molecule has 2 rings (SSSR count). The first-order valence-electron chi connectivity index (χ1n) is 6.37. The van der Waals surface area contributed by atoms with Gasteiger partial charge in [-0.05, 0) is 65.9 Å². The zero-order chi connectivity index (χ0) is 13.1. The van der Waals surface area contributed by atoms with Gasteiger partial charge in [0, 0.05) is 17.6 Å². The molecule has 1 amide bonds. The molecular weight excluding hydrogens is 292 g/mol. The SMILES string of the molecule is Cc1ccc(C(=O)N2CCC(CN)CC2)c(Br)c1. The molecule has 0 spiro atoms. The number of benzene rings is 1. The number of nitrogens with zero attached hydrogens (tertiary/aromatic N) is 1. The van der Waals surface area contributed by atoms with Crippen LogP contribution >= 0.6 is 15.9 Å². The molecule has 0 aliphatic carbocycles. The van der Waals surface area contributed by atoms with Crippen LogP contribution in [0.4, 0.5) is 0 Å². The van der Waals surface area contributed by atoms with E-state index in [2.05, 4.69) is 15.9 Å². The molecule has 0 bridgehead atoms. The second-order valence-electron chi connectivity index (χ2n) is 4.95. The number of likely N-dealkylation sites (tertiary alicyclic amines) is 1. The van der Waals surface area contributed by atoms with Crippen LogP contribution in [0.5, 0.6) is 0 Å². The number of rotatable bonds is 2. The zero-order valence-electron chi connectivity index (χ0n) is 10.7. The fourth-order valence-electron chi connectivity index (χ4n) is 2.34. The van der Waals surface area contributed by atoms with Crippen LogP contribution in [0.25, 0.3) is 0 Å². The largest absolute Gasteiger partial charge is 0.339 e. The molecule has 1 aliphatic heterocycles. The number of hydrogen-bond acceptors (Lipinski definition) is 2. The normalized spacial score (nSPS) is 16.9. The van der Waals surface area contributed by atoms with Gasteiger partial charge in [-0.2, -0.15) is 0 Å². The van der Waals surface area contributed by atoms with Gasteiger partial charge in [0.15, 0.2) is 0 Å². The van der Waals surface area contributed by atoms with E-state index in [4.69, 9.17) is 5.73 Å². The third-order valence-corrected chi connectivity index (χ3v) is 4.25. The van der Waals surface area contributed by atoms with Gasteiger partial charge in [0.25, 0.3) is 5.91 Å². The lowest BCUT2D eigenvalue weighted by Gasteiger charge is -2.31. The van der Waals surface area contributed by atoms with Crippen molar-refractivity contribution in [2.75, 3.05) is 19.6 Å².